The second kappa shape index (κ2) is 10.9. The summed E-state index contributed by atoms with van der Waals surface area (Å²) in [5.74, 6) is 0.220. The third kappa shape index (κ3) is 6.28. The van der Waals surface area contributed by atoms with Crippen LogP contribution in [0.25, 0.3) is 22.7 Å². The standard InChI is InChI=1S/C24H20Cl2F3N3O2S/c1-2-3-4-9-33-21-8-6-15(11-16(21)24(27,28)29)30-23-31-20(13-35-23)22-12-19(32-34-22)14-5-7-17(25)18(26)10-14/h5-8,10-13H,2-4,9H2,1H3,(H,30,31). The fraction of sp³-hybridized carbons (Fsp3) is 0.250. The van der Waals surface area contributed by atoms with E-state index in [1.54, 1.807) is 29.6 Å². The highest BCUT2D eigenvalue weighted by atomic mass is 35.5. The number of benzene rings is 2. The molecule has 0 saturated carbocycles. The molecule has 2 heterocycles. The van der Waals surface area contributed by atoms with Crippen molar-refractivity contribution >= 4 is 45.4 Å². The lowest BCUT2D eigenvalue weighted by molar-refractivity contribution is -0.138. The molecular weight excluding hydrogens is 522 g/mol. The first kappa shape index (κ1) is 25.3. The van der Waals surface area contributed by atoms with Crippen LogP contribution < -0.4 is 10.1 Å². The lowest BCUT2D eigenvalue weighted by Gasteiger charge is -2.15. The number of aromatic nitrogens is 2. The topological polar surface area (TPSA) is 60.2 Å². The Morgan fingerprint density at radius 3 is 2.60 bits per heavy atom. The molecule has 4 rings (SSSR count). The summed E-state index contributed by atoms with van der Waals surface area (Å²) >= 11 is 13.2. The number of unbranched alkanes of at least 4 members (excludes halogenated alkanes) is 2. The third-order valence-corrected chi connectivity index (χ3v) is 6.52. The maximum atomic E-state index is 13.6. The van der Waals surface area contributed by atoms with Gasteiger partial charge in [0.15, 0.2) is 10.9 Å². The van der Waals surface area contributed by atoms with Crippen LogP contribution >= 0.6 is 34.5 Å². The zero-order chi connectivity index (χ0) is 25.0. The summed E-state index contributed by atoms with van der Waals surface area (Å²) in [7, 11) is 0. The molecule has 0 spiro atoms. The molecule has 0 amide bonds. The lowest BCUT2D eigenvalue weighted by Crippen LogP contribution is -2.10. The Labute approximate surface area is 213 Å². The number of hydrogen-bond donors (Lipinski definition) is 1. The van der Waals surface area contributed by atoms with Gasteiger partial charge in [0.2, 0.25) is 0 Å². The van der Waals surface area contributed by atoms with Crippen LogP contribution in [0.5, 0.6) is 5.75 Å². The molecule has 2 aromatic heterocycles. The van der Waals surface area contributed by atoms with Gasteiger partial charge in [0.1, 0.15) is 17.1 Å². The summed E-state index contributed by atoms with van der Waals surface area (Å²) in [6.07, 6.45) is -2.00. The Morgan fingerprint density at radius 2 is 1.86 bits per heavy atom. The van der Waals surface area contributed by atoms with Gasteiger partial charge in [-0.1, -0.05) is 54.2 Å². The van der Waals surface area contributed by atoms with E-state index >= 15 is 0 Å². The van der Waals surface area contributed by atoms with Crippen LogP contribution in [0.1, 0.15) is 31.7 Å². The van der Waals surface area contributed by atoms with E-state index in [0.717, 1.165) is 24.5 Å². The molecule has 0 bridgehead atoms. The fourth-order valence-electron chi connectivity index (χ4n) is 3.24. The van der Waals surface area contributed by atoms with Gasteiger partial charge in [0.05, 0.1) is 22.2 Å². The van der Waals surface area contributed by atoms with Crippen molar-refractivity contribution in [3.8, 4) is 28.5 Å². The minimum atomic E-state index is -4.55. The first-order valence-corrected chi connectivity index (χ1v) is 12.4. The highest BCUT2D eigenvalue weighted by molar-refractivity contribution is 7.14. The zero-order valence-corrected chi connectivity index (χ0v) is 20.8. The van der Waals surface area contributed by atoms with Gasteiger partial charge in [0, 0.05) is 22.7 Å². The molecule has 11 heteroatoms. The van der Waals surface area contributed by atoms with E-state index in [-0.39, 0.29) is 18.0 Å². The molecule has 184 valence electrons. The highest BCUT2D eigenvalue weighted by Gasteiger charge is 2.34. The minimum absolute atomic E-state index is 0.185. The maximum absolute atomic E-state index is 13.6. The second-order valence-corrected chi connectivity index (χ2v) is 9.30. The molecular formula is C24H20Cl2F3N3O2S. The summed E-state index contributed by atoms with van der Waals surface area (Å²) in [4.78, 5) is 4.41. The number of thiazole rings is 1. The molecule has 5 nitrogen and oxygen atoms in total. The molecule has 0 aliphatic carbocycles. The lowest BCUT2D eigenvalue weighted by atomic mass is 10.1. The van der Waals surface area contributed by atoms with Gasteiger partial charge in [-0.2, -0.15) is 13.2 Å². The van der Waals surface area contributed by atoms with Crippen LogP contribution in [0.3, 0.4) is 0 Å². The van der Waals surface area contributed by atoms with E-state index in [2.05, 4.69) is 15.5 Å². The van der Waals surface area contributed by atoms with Crippen molar-refractivity contribution in [2.45, 2.75) is 32.4 Å². The summed E-state index contributed by atoms with van der Waals surface area (Å²) in [5, 5.41) is 9.90. The Morgan fingerprint density at radius 1 is 1.03 bits per heavy atom. The molecule has 0 aliphatic rings. The molecule has 0 atom stereocenters. The predicted molar refractivity (Wildman–Crippen MR) is 133 cm³/mol. The Hall–Kier alpha value is -2.75. The molecule has 1 N–H and O–H groups in total. The molecule has 35 heavy (non-hydrogen) atoms. The van der Waals surface area contributed by atoms with E-state index in [4.69, 9.17) is 32.5 Å². The second-order valence-electron chi connectivity index (χ2n) is 7.63. The van der Waals surface area contributed by atoms with Crippen molar-refractivity contribution in [1.82, 2.24) is 10.1 Å². The number of halogens is 5. The van der Waals surface area contributed by atoms with Crippen molar-refractivity contribution in [1.29, 1.82) is 0 Å². The molecule has 0 aliphatic heterocycles. The average Bonchev–Trinajstić information content (AvgIpc) is 3.48. The van der Waals surface area contributed by atoms with E-state index < -0.39 is 11.7 Å². The number of alkyl halides is 3. The molecule has 0 unspecified atom stereocenters. The molecule has 0 fully saturated rings. The van der Waals surface area contributed by atoms with Gasteiger partial charge in [-0.05, 0) is 36.8 Å². The molecule has 4 aromatic rings. The van der Waals surface area contributed by atoms with Crippen molar-refractivity contribution in [2.75, 3.05) is 11.9 Å². The molecule has 2 aromatic carbocycles. The number of hydrogen-bond acceptors (Lipinski definition) is 6. The van der Waals surface area contributed by atoms with Crippen LogP contribution in [-0.4, -0.2) is 16.7 Å². The quantitative estimate of drug-likeness (QED) is 0.214. The summed E-state index contributed by atoms with van der Waals surface area (Å²) in [6, 6.07) is 10.7. The van der Waals surface area contributed by atoms with Gasteiger partial charge < -0.3 is 14.6 Å². The SMILES string of the molecule is CCCCCOc1ccc(Nc2nc(-c3cc(-c4ccc(Cl)c(Cl)c4)no3)cs2)cc1C(F)(F)F. The average molecular weight is 542 g/mol. The normalized spacial score (nSPS) is 11.6. The van der Waals surface area contributed by atoms with E-state index in [0.29, 0.717) is 38.7 Å². The van der Waals surface area contributed by atoms with Gasteiger partial charge in [-0.25, -0.2) is 4.98 Å². The first-order valence-electron chi connectivity index (χ1n) is 10.7. The van der Waals surface area contributed by atoms with Crippen molar-refractivity contribution < 1.29 is 22.4 Å². The summed E-state index contributed by atoms with van der Waals surface area (Å²) in [6.45, 7) is 2.25. The fourth-order valence-corrected chi connectivity index (χ4v) is 4.26. The largest absolute Gasteiger partial charge is 0.493 e. The Bertz CT molecular complexity index is 1310. The van der Waals surface area contributed by atoms with Crippen molar-refractivity contribution in [2.24, 2.45) is 0 Å². The van der Waals surface area contributed by atoms with Gasteiger partial charge in [0.25, 0.3) is 0 Å². The van der Waals surface area contributed by atoms with Gasteiger partial charge in [-0.3, -0.25) is 0 Å². The van der Waals surface area contributed by atoms with E-state index in [1.165, 1.54) is 23.5 Å². The number of ether oxygens (including phenoxy) is 1. The van der Waals surface area contributed by atoms with Crippen LogP contribution in [0, 0.1) is 0 Å². The minimum Gasteiger partial charge on any atom is -0.493 e. The van der Waals surface area contributed by atoms with Crippen LogP contribution in [0.4, 0.5) is 24.0 Å². The van der Waals surface area contributed by atoms with Gasteiger partial charge in [-0.15, -0.1) is 11.3 Å². The molecule has 0 saturated heterocycles. The molecule has 0 radical (unpaired) electrons. The Balaban J connectivity index is 1.50. The Kier molecular flexibility index (Phi) is 7.88. The smallest absolute Gasteiger partial charge is 0.420 e. The number of rotatable bonds is 9. The number of nitrogens with zero attached hydrogens (tertiary/aromatic N) is 2. The van der Waals surface area contributed by atoms with Crippen LogP contribution in [0.15, 0.2) is 52.4 Å². The van der Waals surface area contributed by atoms with Gasteiger partial charge >= 0.3 is 6.18 Å². The van der Waals surface area contributed by atoms with Crippen LogP contribution in [-0.2, 0) is 6.18 Å². The van der Waals surface area contributed by atoms with E-state index in [9.17, 15) is 13.2 Å². The number of anilines is 2. The third-order valence-electron chi connectivity index (χ3n) is 5.02. The van der Waals surface area contributed by atoms with Crippen molar-refractivity contribution in [3.63, 3.8) is 0 Å². The van der Waals surface area contributed by atoms with Crippen molar-refractivity contribution in [3.05, 3.63) is 63.5 Å². The maximum Gasteiger partial charge on any atom is 0.420 e. The number of nitrogens with one attached hydrogen (secondary N) is 1. The monoisotopic (exact) mass is 541 g/mol. The summed E-state index contributed by atoms with van der Waals surface area (Å²) in [5.41, 5.74) is 1.17. The first-order chi connectivity index (χ1) is 16.7. The summed E-state index contributed by atoms with van der Waals surface area (Å²) < 4.78 is 51.6. The van der Waals surface area contributed by atoms with E-state index in [1.807, 2.05) is 6.92 Å². The zero-order valence-electron chi connectivity index (χ0n) is 18.5. The van der Waals surface area contributed by atoms with Crippen LogP contribution in [0.2, 0.25) is 10.0 Å². The predicted octanol–water partition coefficient (Wildman–Crippen LogP) is 9.10. The highest BCUT2D eigenvalue weighted by Crippen LogP contribution is 2.39.